The Morgan fingerprint density at radius 1 is 1.40 bits per heavy atom. The van der Waals surface area contributed by atoms with Gasteiger partial charge in [-0.05, 0) is 6.07 Å². The van der Waals surface area contributed by atoms with Gasteiger partial charge in [-0.25, -0.2) is 0 Å². The molecule has 2 heterocycles. The number of rotatable bonds is 1. The quantitative estimate of drug-likeness (QED) is 0.648. The minimum Gasteiger partial charge on any atom is -0.382 e. The number of nitriles is 1. The van der Waals surface area contributed by atoms with Gasteiger partial charge in [0, 0.05) is 0 Å². The van der Waals surface area contributed by atoms with Gasteiger partial charge in [-0.15, -0.1) is 0 Å². The highest BCUT2D eigenvalue weighted by Crippen LogP contribution is 2.34. The third-order valence-electron chi connectivity index (χ3n) is 2.34. The number of nitrogens with two attached hydrogens (primary N) is 1. The van der Waals surface area contributed by atoms with Crippen LogP contribution in [0.15, 0.2) is 12.3 Å². The van der Waals surface area contributed by atoms with Crippen molar-refractivity contribution in [1.82, 2.24) is 14.8 Å². The molecule has 2 aromatic heterocycles. The van der Waals surface area contributed by atoms with E-state index in [0.717, 1.165) is 10.9 Å². The van der Waals surface area contributed by atoms with Gasteiger partial charge >= 0.3 is 6.18 Å². The number of anilines is 1. The molecular weight excluding hydrogens is 302 g/mol. The molecule has 20 heavy (non-hydrogen) atoms. The molecule has 10 heteroatoms. The number of hydrogen-bond donors (Lipinski definition) is 1. The summed E-state index contributed by atoms with van der Waals surface area (Å²) >= 11 is 5.64. The summed E-state index contributed by atoms with van der Waals surface area (Å²) in [5, 5.41) is 11.8. The van der Waals surface area contributed by atoms with Gasteiger partial charge in [0.2, 0.25) is 5.95 Å². The monoisotopic (exact) mass is 305 g/mol. The number of pyridine rings is 1. The van der Waals surface area contributed by atoms with E-state index >= 15 is 0 Å². The zero-order chi connectivity index (χ0) is 15.1. The Bertz CT molecular complexity index is 716. The second-order valence-corrected chi connectivity index (χ2v) is 4.00. The van der Waals surface area contributed by atoms with E-state index in [-0.39, 0.29) is 11.4 Å². The molecule has 2 N–H and O–H groups in total. The first-order chi connectivity index (χ1) is 9.25. The standard InChI is InChI=1S/C10H4ClF4N5/c11-6-1-5(10(13,14)15)7(12)19-9(6)20-8(17)4(2-16)3-18-20/h1,3H,17H2. The molecule has 5 nitrogen and oxygen atoms in total. The van der Waals surface area contributed by atoms with Gasteiger partial charge in [0.25, 0.3) is 0 Å². The van der Waals surface area contributed by atoms with E-state index in [9.17, 15) is 17.6 Å². The topological polar surface area (TPSA) is 80.5 Å². The van der Waals surface area contributed by atoms with Gasteiger partial charge < -0.3 is 5.73 Å². The van der Waals surface area contributed by atoms with Crippen LogP contribution in [0.1, 0.15) is 11.1 Å². The zero-order valence-corrected chi connectivity index (χ0v) is 10.2. The molecule has 0 spiro atoms. The molecular formula is C10H4ClF4N5. The van der Waals surface area contributed by atoms with Crippen molar-refractivity contribution < 1.29 is 17.6 Å². The summed E-state index contributed by atoms with van der Waals surface area (Å²) in [6.07, 6.45) is -3.87. The van der Waals surface area contributed by atoms with Crippen molar-refractivity contribution in [3.8, 4) is 11.9 Å². The molecule has 0 atom stereocenters. The zero-order valence-electron chi connectivity index (χ0n) is 9.41. The fourth-order valence-electron chi connectivity index (χ4n) is 1.42. The molecule has 0 unspecified atom stereocenters. The van der Waals surface area contributed by atoms with Crippen molar-refractivity contribution in [2.75, 3.05) is 5.73 Å². The first kappa shape index (κ1) is 14.1. The number of halogens is 5. The molecule has 0 fully saturated rings. The van der Waals surface area contributed by atoms with Crippen molar-refractivity contribution in [2.45, 2.75) is 6.18 Å². The van der Waals surface area contributed by atoms with Crippen LogP contribution in [0.3, 0.4) is 0 Å². The maximum atomic E-state index is 13.4. The second-order valence-electron chi connectivity index (χ2n) is 3.60. The summed E-state index contributed by atoms with van der Waals surface area (Å²) < 4.78 is 51.6. The lowest BCUT2D eigenvalue weighted by Gasteiger charge is -2.11. The molecule has 0 aliphatic heterocycles. The van der Waals surface area contributed by atoms with Crippen molar-refractivity contribution in [3.63, 3.8) is 0 Å². The third-order valence-corrected chi connectivity index (χ3v) is 2.62. The average molecular weight is 306 g/mol. The first-order valence-corrected chi connectivity index (χ1v) is 5.30. The molecule has 0 saturated carbocycles. The summed E-state index contributed by atoms with van der Waals surface area (Å²) in [6, 6.07) is 2.08. The third kappa shape index (κ3) is 2.25. The molecule has 2 rings (SSSR count). The molecule has 0 bridgehead atoms. The van der Waals surface area contributed by atoms with Crippen LogP contribution >= 0.6 is 11.6 Å². The van der Waals surface area contributed by atoms with Gasteiger partial charge in [0.05, 0.1) is 11.2 Å². The lowest BCUT2D eigenvalue weighted by atomic mass is 10.2. The Balaban J connectivity index is 2.63. The Hall–Kier alpha value is -2.34. The van der Waals surface area contributed by atoms with Crippen LogP contribution in [0.5, 0.6) is 0 Å². The predicted octanol–water partition coefficient (Wildman–Crippen LogP) is 2.53. The molecule has 0 aromatic carbocycles. The molecule has 0 saturated heterocycles. The largest absolute Gasteiger partial charge is 0.420 e. The van der Waals surface area contributed by atoms with E-state index in [0.29, 0.717) is 6.07 Å². The van der Waals surface area contributed by atoms with E-state index < -0.39 is 28.5 Å². The van der Waals surface area contributed by atoms with Crippen molar-refractivity contribution in [1.29, 1.82) is 5.26 Å². The minimum absolute atomic E-state index is 0.0387. The Morgan fingerprint density at radius 3 is 2.55 bits per heavy atom. The van der Waals surface area contributed by atoms with Gasteiger partial charge in [-0.1, -0.05) is 11.6 Å². The van der Waals surface area contributed by atoms with Crippen molar-refractivity contribution in [3.05, 3.63) is 34.4 Å². The maximum absolute atomic E-state index is 13.4. The number of nitrogens with zero attached hydrogens (tertiary/aromatic N) is 4. The molecule has 0 radical (unpaired) electrons. The van der Waals surface area contributed by atoms with Gasteiger partial charge in [0.15, 0.2) is 5.82 Å². The molecule has 2 aromatic rings. The summed E-state index contributed by atoms with van der Waals surface area (Å²) in [7, 11) is 0. The highest BCUT2D eigenvalue weighted by Gasteiger charge is 2.36. The number of nitrogen functional groups attached to an aromatic ring is 1. The number of alkyl halides is 3. The predicted molar refractivity (Wildman–Crippen MR) is 60.5 cm³/mol. The van der Waals surface area contributed by atoms with E-state index in [1.807, 2.05) is 0 Å². The van der Waals surface area contributed by atoms with Crippen LogP contribution in [0.25, 0.3) is 5.82 Å². The normalized spacial score (nSPS) is 11.4. The van der Waals surface area contributed by atoms with Gasteiger partial charge in [-0.3, -0.25) is 0 Å². The lowest BCUT2D eigenvalue weighted by molar-refractivity contribution is -0.140. The molecule has 0 aliphatic rings. The second kappa shape index (κ2) is 4.64. The van der Waals surface area contributed by atoms with Crippen molar-refractivity contribution in [2.24, 2.45) is 0 Å². The van der Waals surface area contributed by atoms with Crippen LogP contribution in [-0.2, 0) is 6.18 Å². The van der Waals surface area contributed by atoms with E-state index in [2.05, 4.69) is 10.1 Å². The Kier molecular flexibility index (Phi) is 3.27. The summed E-state index contributed by atoms with van der Waals surface area (Å²) in [4.78, 5) is 3.11. The molecule has 0 amide bonds. The van der Waals surface area contributed by atoms with E-state index in [4.69, 9.17) is 22.6 Å². The average Bonchev–Trinajstić information content (AvgIpc) is 2.71. The smallest absolute Gasteiger partial charge is 0.382 e. The van der Waals surface area contributed by atoms with Gasteiger partial charge in [-0.2, -0.15) is 37.6 Å². The highest BCUT2D eigenvalue weighted by atomic mass is 35.5. The lowest BCUT2D eigenvalue weighted by Crippen LogP contribution is -2.13. The fourth-order valence-corrected chi connectivity index (χ4v) is 1.65. The summed E-state index contributed by atoms with van der Waals surface area (Å²) in [6.45, 7) is 0. The SMILES string of the molecule is N#Cc1cnn(-c2nc(F)c(C(F)(F)F)cc2Cl)c1N. The van der Waals surface area contributed by atoms with Crippen LogP contribution in [0.2, 0.25) is 5.02 Å². The van der Waals surface area contributed by atoms with Crippen LogP contribution in [0, 0.1) is 17.3 Å². The molecule has 0 aliphatic carbocycles. The molecule has 104 valence electrons. The summed E-state index contributed by atoms with van der Waals surface area (Å²) in [5.74, 6) is -2.40. The van der Waals surface area contributed by atoms with Crippen molar-refractivity contribution >= 4 is 17.4 Å². The van der Waals surface area contributed by atoms with E-state index in [1.54, 1.807) is 6.07 Å². The van der Waals surface area contributed by atoms with Gasteiger partial charge in [0.1, 0.15) is 23.0 Å². The summed E-state index contributed by atoms with van der Waals surface area (Å²) in [5.41, 5.74) is 3.89. The number of hydrogen-bond acceptors (Lipinski definition) is 4. The first-order valence-electron chi connectivity index (χ1n) is 4.93. The Morgan fingerprint density at radius 2 is 2.05 bits per heavy atom. The highest BCUT2D eigenvalue weighted by molar-refractivity contribution is 6.32. The van der Waals surface area contributed by atoms with Crippen LogP contribution in [0.4, 0.5) is 23.4 Å². The van der Waals surface area contributed by atoms with Crippen LogP contribution < -0.4 is 5.73 Å². The van der Waals surface area contributed by atoms with E-state index in [1.165, 1.54) is 0 Å². The maximum Gasteiger partial charge on any atom is 0.420 e. The minimum atomic E-state index is -4.92. The van der Waals surface area contributed by atoms with Crippen LogP contribution in [-0.4, -0.2) is 14.8 Å². The number of aromatic nitrogens is 3. The fraction of sp³-hybridized carbons (Fsp3) is 0.100. The Labute approximate surface area is 114 Å².